The maximum absolute atomic E-state index is 2.79. The quantitative estimate of drug-likeness (QED) is 0.145. The molecule has 5 aliphatic heterocycles. The van der Waals surface area contributed by atoms with Crippen LogP contribution < -0.4 is 37.7 Å². The maximum Gasteiger partial charge on any atom is 0.253 e. The van der Waals surface area contributed by atoms with Gasteiger partial charge >= 0.3 is 0 Å². The predicted molar refractivity (Wildman–Crippen MR) is 458 cm³/mol. The lowest BCUT2D eigenvalue weighted by molar-refractivity contribution is 0.507. The van der Waals surface area contributed by atoms with Crippen LogP contribution in [0.4, 0.5) is 11.4 Å². The highest BCUT2D eigenvalue weighted by Gasteiger charge is 2.52. The number of aromatic nitrogens is 3. The fourth-order valence-corrected chi connectivity index (χ4v) is 20.9. The van der Waals surface area contributed by atoms with E-state index >= 15 is 0 Å². The molecule has 2 atom stereocenters. The summed E-state index contributed by atoms with van der Waals surface area (Å²) in [5.41, 5.74) is 39.2. The average molecular weight is 1380 g/mol. The molecule has 0 N–H and O–H groups in total. The molecular formula is C101H84B2N4. The number of anilines is 2. The Hall–Kier alpha value is -11.3. The summed E-state index contributed by atoms with van der Waals surface area (Å²) >= 11 is 0. The van der Waals surface area contributed by atoms with Gasteiger partial charge in [0.15, 0.2) is 0 Å². The topological polar surface area (TPSA) is 18.0 Å². The predicted octanol–water partition coefficient (Wildman–Crippen LogP) is 21.5. The van der Waals surface area contributed by atoms with E-state index in [1.165, 1.54) is 210 Å². The SMILES string of the molecule is Cc1c(-c2cccc(CC(C)(C)c3cc4c5c(c3)c3cc(C(C)(C)C)ccc3n5-c3cccc5c3B4c3c4ccccc4cc4c(-c6ccccc6)c(-c6ccccc6)n-5c34)c2)c2cc3ccccc3c3c2n1-c1cc(-c2ccccc2)cc2c1B3c1cc(C(C)(C)C)cc3c1N2C1C=CC(C(C)(C)C)=CC31. The molecule has 0 fully saturated rings. The van der Waals surface area contributed by atoms with Crippen molar-refractivity contribution in [2.45, 2.75) is 118 Å². The first-order valence-electron chi connectivity index (χ1n) is 38.9. The number of nitrogens with zero attached hydrogens (tertiary/aromatic N) is 4. The Morgan fingerprint density at radius 3 is 1.63 bits per heavy atom. The summed E-state index contributed by atoms with van der Waals surface area (Å²) in [6, 6.07) is 97.2. The van der Waals surface area contributed by atoms with Crippen LogP contribution in [-0.2, 0) is 22.7 Å². The Bertz CT molecular complexity index is 6710. The van der Waals surface area contributed by atoms with Gasteiger partial charge in [0, 0.05) is 83.8 Å². The molecule has 0 saturated heterocycles. The number of hydrogen-bond donors (Lipinski definition) is 0. The van der Waals surface area contributed by atoms with E-state index in [-0.39, 0.29) is 47.0 Å². The molecule has 1 aliphatic carbocycles. The van der Waals surface area contributed by atoms with E-state index in [2.05, 4.69) is 369 Å². The average Bonchev–Trinajstić information content (AvgIpc) is 1.55. The van der Waals surface area contributed by atoms with Crippen molar-refractivity contribution in [1.29, 1.82) is 0 Å². The summed E-state index contributed by atoms with van der Waals surface area (Å²) in [5, 5.41) is 10.4. The Morgan fingerprint density at radius 1 is 0.374 bits per heavy atom. The molecule has 107 heavy (non-hydrogen) atoms. The first kappa shape index (κ1) is 63.0. The van der Waals surface area contributed by atoms with E-state index in [1.807, 2.05) is 0 Å². The lowest BCUT2D eigenvalue weighted by Crippen LogP contribution is -2.61. The van der Waals surface area contributed by atoms with Crippen LogP contribution >= 0.6 is 0 Å². The molecule has 2 unspecified atom stereocenters. The van der Waals surface area contributed by atoms with Crippen molar-refractivity contribution in [2.75, 3.05) is 4.90 Å². The molecule has 22 rings (SSSR count). The molecule has 16 aromatic rings. The van der Waals surface area contributed by atoms with Crippen LogP contribution in [0.25, 0.3) is 127 Å². The molecule has 0 bridgehead atoms. The molecule has 0 saturated carbocycles. The third-order valence-corrected chi connectivity index (χ3v) is 25.8. The van der Waals surface area contributed by atoms with Crippen LogP contribution in [0.1, 0.15) is 116 Å². The monoisotopic (exact) mass is 1370 g/mol. The van der Waals surface area contributed by atoms with Crippen molar-refractivity contribution in [3.63, 3.8) is 0 Å². The zero-order chi connectivity index (χ0) is 72.4. The van der Waals surface area contributed by atoms with Crippen LogP contribution in [-0.4, -0.2) is 33.2 Å². The highest BCUT2D eigenvalue weighted by Crippen LogP contribution is 2.55. The molecular weight excluding hydrogens is 1290 g/mol. The van der Waals surface area contributed by atoms with Crippen molar-refractivity contribution in [3.05, 3.63) is 306 Å². The number of allylic oxidation sites excluding steroid dienone is 2. The second-order valence-electron chi connectivity index (χ2n) is 35.7. The second-order valence-corrected chi connectivity index (χ2v) is 35.7. The molecule has 6 aliphatic rings. The molecule has 4 nitrogen and oxygen atoms in total. The van der Waals surface area contributed by atoms with Gasteiger partial charge in [-0.2, -0.15) is 0 Å². The molecule has 8 heterocycles. The zero-order valence-corrected chi connectivity index (χ0v) is 63.2. The van der Waals surface area contributed by atoms with Crippen LogP contribution in [0.15, 0.2) is 273 Å². The second kappa shape index (κ2) is 21.7. The lowest BCUT2D eigenvalue weighted by atomic mass is 9.33. The smallest absolute Gasteiger partial charge is 0.253 e. The van der Waals surface area contributed by atoms with Crippen molar-refractivity contribution in [3.8, 4) is 61.7 Å². The third-order valence-electron chi connectivity index (χ3n) is 25.8. The van der Waals surface area contributed by atoms with Gasteiger partial charge in [-0.25, -0.2) is 0 Å². The third kappa shape index (κ3) is 8.70. The van der Waals surface area contributed by atoms with Crippen LogP contribution in [0.5, 0.6) is 0 Å². The lowest BCUT2D eigenvalue weighted by Gasteiger charge is -2.42. The number of hydrogen-bond acceptors (Lipinski definition) is 1. The van der Waals surface area contributed by atoms with Crippen molar-refractivity contribution < 1.29 is 0 Å². The molecule has 0 amide bonds. The Balaban J connectivity index is 0.754. The molecule has 0 radical (unpaired) electrons. The number of fused-ring (bicyclic) bond motifs is 18. The first-order valence-corrected chi connectivity index (χ1v) is 38.9. The van der Waals surface area contributed by atoms with Crippen LogP contribution in [0.3, 0.4) is 0 Å². The van der Waals surface area contributed by atoms with E-state index in [9.17, 15) is 0 Å². The summed E-state index contributed by atoms with van der Waals surface area (Å²) in [6.45, 7) is 28.8. The highest BCUT2D eigenvalue weighted by atomic mass is 15.2. The van der Waals surface area contributed by atoms with Gasteiger partial charge < -0.3 is 18.6 Å². The first-order chi connectivity index (χ1) is 51.7. The maximum atomic E-state index is 2.79. The van der Waals surface area contributed by atoms with Gasteiger partial charge in [-0.1, -0.05) is 289 Å². The summed E-state index contributed by atoms with van der Waals surface area (Å²) in [7, 11) is 0. The summed E-state index contributed by atoms with van der Waals surface area (Å²) in [4.78, 5) is 2.79. The minimum absolute atomic E-state index is 0.0105. The van der Waals surface area contributed by atoms with Gasteiger partial charge in [0.1, 0.15) is 0 Å². The van der Waals surface area contributed by atoms with E-state index < -0.39 is 0 Å². The van der Waals surface area contributed by atoms with Crippen molar-refractivity contribution >= 4 is 123 Å². The van der Waals surface area contributed by atoms with Gasteiger partial charge in [0.2, 0.25) is 0 Å². The van der Waals surface area contributed by atoms with E-state index in [1.54, 1.807) is 0 Å². The summed E-state index contributed by atoms with van der Waals surface area (Å²) in [6.07, 6.45) is 8.47. The van der Waals surface area contributed by atoms with Crippen molar-refractivity contribution in [1.82, 2.24) is 13.7 Å². The standard InChI is InChI=1S/C101H84B2N4/c1-58-87(77-47-63-35-22-24-38-71(63)89-96(77)104(58)85-49-66(60-29-16-13-17-30-60)50-86-92(85)103(89)79-55-69(100(8,9)10)53-75-73-51-68(99(5,6)7)43-45-82(73)106(86)95(75)79)65-37-26-28-59(46-65)57-101(11,12)70-54-76-74-52-67(98(2,3)4)42-44-81(74)105-83-40-27-41-84-91(83)102(80(56-70)94(76)105)90-72-39-25-23-36-64(72)48-78-88(61-31-18-14-19-32-61)93(107(84)97(78)90)62-33-20-15-21-34-62/h13-56,73,82H,57H2,1-12H3. The zero-order valence-electron chi connectivity index (χ0n) is 63.2. The molecule has 0 spiro atoms. The molecule has 6 heteroatoms. The van der Waals surface area contributed by atoms with E-state index in [0.717, 1.165) is 6.42 Å². The van der Waals surface area contributed by atoms with Gasteiger partial charge in [-0.05, 0) is 205 Å². The molecule has 13 aromatic carbocycles. The highest BCUT2D eigenvalue weighted by molar-refractivity contribution is 7.02. The van der Waals surface area contributed by atoms with E-state index in [0.29, 0.717) is 0 Å². The van der Waals surface area contributed by atoms with Gasteiger partial charge in [0.25, 0.3) is 13.4 Å². The minimum atomic E-state index is -0.324. The molecule has 514 valence electrons. The van der Waals surface area contributed by atoms with Gasteiger partial charge in [0.05, 0.1) is 22.8 Å². The minimum Gasteiger partial charge on any atom is -0.334 e. The van der Waals surface area contributed by atoms with Crippen LogP contribution in [0, 0.1) is 12.3 Å². The van der Waals surface area contributed by atoms with Gasteiger partial charge in [-0.15, -0.1) is 0 Å². The normalized spacial score (nSPS) is 15.9. The van der Waals surface area contributed by atoms with Crippen LogP contribution in [0.2, 0.25) is 0 Å². The summed E-state index contributed by atoms with van der Waals surface area (Å²) in [5.74, 6) is 0.212. The Labute approximate surface area is 628 Å². The molecule has 3 aromatic heterocycles. The largest absolute Gasteiger partial charge is 0.334 e. The fraction of sp³-hybridized carbons (Fsp3) is 0.188. The van der Waals surface area contributed by atoms with Gasteiger partial charge in [-0.3, -0.25) is 0 Å². The van der Waals surface area contributed by atoms with Crippen molar-refractivity contribution in [2.24, 2.45) is 5.41 Å². The summed E-state index contributed by atoms with van der Waals surface area (Å²) < 4.78 is 8.04. The Kier molecular flexibility index (Phi) is 12.8. The number of benzene rings is 13. The fourth-order valence-electron chi connectivity index (χ4n) is 20.9. The van der Waals surface area contributed by atoms with E-state index in [4.69, 9.17) is 0 Å². The Morgan fingerprint density at radius 2 is 0.944 bits per heavy atom. The number of rotatable bonds is 7.